The molecule has 2 amide bonds. The van der Waals surface area contributed by atoms with Gasteiger partial charge < -0.3 is 9.80 Å². The molecule has 0 atom stereocenters. The molecular weight excluding hydrogens is 312 g/mol. The minimum atomic E-state index is 0.108. The lowest BCUT2D eigenvalue weighted by molar-refractivity contribution is -0.141. The van der Waals surface area contributed by atoms with Crippen molar-refractivity contribution in [2.24, 2.45) is 11.8 Å². The van der Waals surface area contributed by atoms with Crippen LogP contribution in [0.2, 0.25) is 0 Å². The second-order valence-corrected chi connectivity index (χ2v) is 7.83. The highest BCUT2D eigenvalue weighted by atomic mass is 16.2. The van der Waals surface area contributed by atoms with Crippen LogP contribution in [-0.4, -0.2) is 47.8 Å². The maximum absolute atomic E-state index is 12.7. The Balaban J connectivity index is 1.48. The normalized spacial score (nSPS) is 19.9. The van der Waals surface area contributed by atoms with Gasteiger partial charge in [-0.05, 0) is 44.1 Å². The van der Waals surface area contributed by atoms with E-state index in [-0.39, 0.29) is 11.8 Å². The van der Waals surface area contributed by atoms with E-state index in [1.54, 1.807) is 0 Å². The first-order valence-electron chi connectivity index (χ1n) is 9.65. The molecule has 0 bridgehead atoms. The number of rotatable bonds is 3. The topological polar surface area (TPSA) is 40.6 Å². The molecule has 0 N–H and O–H groups in total. The highest BCUT2D eigenvalue weighted by Gasteiger charge is 2.31. The number of amides is 2. The molecule has 0 saturated carbocycles. The zero-order valence-corrected chi connectivity index (χ0v) is 15.5. The number of benzene rings is 1. The zero-order valence-electron chi connectivity index (χ0n) is 15.5. The summed E-state index contributed by atoms with van der Waals surface area (Å²) in [7, 11) is 0. The zero-order chi connectivity index (χ0) is 17.8. The van der Waals surface area contributed by atoms with Gasteiger partial charge >= 0.3 is 0 Å². The van der Waals surface area contributed by atoms with E-state index in [2.05, 4.69) is 17.9 Å². The summed E-state index contributed by atoms with van der Waals surface area (Å²) >= 11 is 0. The van der Waals surface area contributed by atoms with Gasteiger partial charge in [0.2, 0.25) is 11.8 Å². The molecule has 1 aromatic carbocycles. The van der Waals surface area contributed by atoms with Gasteiger partial charge in [0, 0.05) is 32.1 Å². The van der Waals surface area contributed by atoms with E-state index in [0.717, 1.165) is 50.3 Å². The second-order valence-electron chi connectivity index (χ2n) is 7.83. The van der Waals surface area contributed by atoms with Gasteiger partial charge in [-0.15, -0.1) is 0 Å². The van der Waals surface area contributed by atoms with Crippen LogP contribution in [0.1, 0.15) is 43.7 Å². The Labute approximate surface area is 151 Å². The van der Waals surface area contributed by atoms with Crippen LogP contribution in [0, 0.1) is 18.8 Å². The highest BCUT2D eigenvalue weighted by molar-refractivity contribution is 5.81. The fourth-order valence-corrected chi connectivity index (χ4v) is 3.97. The van der Waals surface area contributed by atoms with Crippen LogP contribution < -0.4 is 0 Å². The maximum atomic E-state index is 12.7. The third kappa shape index (κ3) is 4.62. The molecule has 25 heavy (non-hydrogen) atoms. The van der Waals surface area contributed by atoms with Crippen molar-refractivity contribution in [3.05, 3.63) is 35.4 Å². The van der Waals surface area contributed by atoms with Crippen LogP contribution in [-0.2, 0) is 16.0 Å². The SMILES string of the molecule is Cc1cccc(CC(=O)N2CCC(C(=O)N3CCC(C)CC3)CC2)c1. The first kappa shape index (κ1) is 18.0. The number of hydrogen-bond donors (Lipinski definition) is 0. The lowest BCUT2D eigenvalue weighted by Gasteiger charge is -2.36. The Hall–Kier alpha value is -1.84. The second kappa shape index (κ2) is 8.03. The monoisotopic (exact) mass is 342 g/mol. The van der Waals surface area contributed by atoms with E-state index < -0.39 is 0 Å². The number of carbonyl (C=O) groups excluding carboxylic acids is 2. The predicted octanol–water partition coefficient (Wildman–Crippen LogP) is 3.03. The van der Waals surface area contributed by atoms with Gasteiger partial charge in [0.1, 0.15) is 0 Å². The molecule has 2 aliphatic rings. The molecule has 2 aliphatic heterocycles. The smallest absolute Gasteiger partial charge is 0.226 e. The average Bonchev–Trinajstić information content (AvgIpc) is 2.62. The average molecular weight is 342 g/mol. The summed E-state index contributed by atoms with van der Waals surface area (Å²) in [5.41, 5.74) is 2.26. The summed E-state index contributed by atoms with van der Waals surface area (Å²) < 4.78 is 0. The Morgan fingerprint density at radius 1 is 1.00 bits per heavy atom. The van der Waals surface area contributed by atoms with Crippen molar-refractivity contribution >= 4 is 11.8 Å². The minimum Gasteiger partial charge on any atom is -0.342 e. The molecule has 2 fully saturated rings. The molecule has 4 nitrogen and oxygen atoms in total. The van der Waals surface area contributed by atoms with Crippen molar-refractivity contribution < 1.29 is 9.59 Å². The molecule has 0 radical (unpaired) electrons. The Kier molecular flexibility index (Phi) is 5.77. The van der Waals surface area contributed by atoms with Crippen LogP contribution in [0.4, 0.5) is 0 Å². The molecule has 3 rings (SSSR count). The summed E-state index contributed by atoms with van der Waals surface area (Å²) in [5, 5.41) is 0. The van der Waals surface area contributed by atoms with E-state index >= 15 is 0 Å². The molecule has 0 spiro atoms. The molecule has 0 aliphatic carbocycles. The summed E-state index contributed by atoms with van der Waals surface area (Å²) in [6.45, 7) is 7.56. The molecule has 0 aromatic heterocycles. The molecule has 0 unspecified atom stereocenters. The van der Waals surface area contributed by atoms with Gasteiger partial charge in [-0.2, -0.15) is 0 Å². The number of hydrogen-bond acceptors (Lipinski definition) is 2. The van der Waals surface area contributed by atoms with Crippen LogP contribution in [0.5, 0.6) is 0 Å². The van der Waals surface area contributed by atoms with Crippen molar-refractivity contribution in [1.29, 1.82) is 0 Å². The van der Waals surface area contributed by atoms with Gasteiger partial charge in [0.05, 0.1) is 6.42 Å². The third-order valence-electron chi connectivity index (χ3n) is 5.73. The summed E-state index contributed by atoms with van der Waals surface area (Å²) in [6, 6.07) is 8.14. The van der Waals surface area contributed by atoms with Gasteiger partial charge in [0.15, 0.2) is 0 Å². The van der Waals surface area contributed by atoms with Crippen molar-refractivity contribution in [1.82, 2.24) is 9.80 Å². The Bertz CT molecular complexity index is 612. The maximum Gasteiger partial charge on any atom is 0.226 e. The van der Waals surface area contributed by atoms with E-state index in [1.807, 2.05) is 30.0 Å². The number of carbonyl (C=O) groups is 2. The fourth-order valence-electron chi connectivity index (χ4n) is 3.97. The minimum absolute atomic E-state index is 0.108. The predicted molar refractivity (Wildman–Crippen MR) is 99.2 cm³/mol. The van der Waals surface area contributed by atoms with Gasteiger partial charge in [-0.3, -0.25) is 9.59 Å². The molecular formula is C21H30N2O2. The van der Waals surface area contributed by atoms with E-state index in [4.69, 9.17) is 0 Å². The van der Waals surface area contributed by atoms with Gasteiger partial charge in [0.25, 0.3) is 0 Å². The lowest BCUT2D eigenvalue weighted by atomic mass is 9.92. The highest BCUT2D eigenvalue weighted by Crippen LogP contribution is 2.24. The standard InChI is InChI=1S/C21H30N2O2/c1-16-6-10-23(11-7-16)21(25)19-8-12-22(13-9-19)20(24)15-18-5-3-4-17(2)14-18/h3-5,14,16,19H,6-13,15H2,1-2H3. The number of nitrogens with zero attached hydrogens (tertiary/aromatic N) is 2. The molecule has 2 heterocycles. The Morgan fingerprint density at radius 3 is 2.28 bits per heavy atom. The van der Waals surface area contributed by atoms with Gasteiger partial charge in [-0.1, -0.05) is 36.8 Å². The number of likely N-dealkylation sites (tertiary alicyclic amines) is 2. The quantitative estimate of drug-likeness (QED) is 0.847. The van der Waals surface area contributed by atoms with Crippen molar-refractivity contribution in [3.8, 4) is 0 Å². The van der Waals surface area contributed by atoms with Crippen molar-refractivity contribution in [2.75, 3.05) is 26.2 Å². The van der Waals surface area contributed by atoms with Crippen molar-refractivity contribution in [3.63, 3.8) is 0 Å². The largest absolute Gasteiger partial charge is 0.342 e. The van der Waals surface area contributed by atoms with E-state index in [9.17, 15) is 9.59 Å². The molecule has 2 saturated heterocycles. The summed E-state index contributed by atoms with van der Waals surface area (Å²) in [6.07, 6.45) is 4.33. The summed E-state index contributed by atoms with van der Waals surface area (Å²) in [4.78, 5) is 29.2. The van der Waals surface area contributed by atoms with Crippen LogP contribution in [0.3, 0.4) is 0 Å². The Morgan fingerprint density at radius 2 is 1.64 bits per heavy atom. The lowest BCUT2D eigenvalue weighted by Crippen LogP contribution is -2.46. The van der Waals surface area contributed by atoms with Crippen LogP contribution in [0.15, 0.2) is 24.3 Å². The summed E-state index contributed by atoms with van der Waals surface area (Å²) in [5.74, 6) is 1.35. The first-order valence-corrected chi connectivity index (χ1v) is 9.65. The van der Waals surface area contributed by atoms with E-state index in [0.29, 0.717) is 25.4 Å². The van der Waals surface area contributed by atoms with E-state index in [1.165, 1.54) is 5.56 Å². The number of aryl methyl sites for hydroxylation is 1. The van der Waals surface area contributed by atoms with Crippen LogP contribution >= 0.6 is 0 Å². The number of piperidine rings is 2. The molecule has 1 aromatic rings. The van der Waals surface area contributed by atoms with Crippen LogP contribution in [0.25, 0.3) is 0 Å². The third-order valence-corrected chi connectivity index (χ3v) is 5.73. The fraction of sp³-hybridized carbons (Fsp3) is 0.619. The molecule has 136 valence electrons. The van der Waals surface area contributed by atoms with Gasteiger partial charge in [-0.25, -0.2) is 0 Å². The molecule has 4 heteroatoms. The first-order chi connectivity index (χ1) is 12.0. The van der Waals surface area contributed by atoms with Crippen molar-refractivity contribution in [2.45, 2.75) is 46.0 Å².